The second-order valence-electron chi connectivity index (χ2n) is 6.28. The van der Waals surface area contributed by atoms with Gasteiger partial charge in [0, 0.05) is 25.9 Å². The average molecular weight is 342 g/mol. The number of aromatic nitrogens is 2. The SMILES string of the molecule is Cc1nc(C2CCCN(C(=O)c3cccc4c3OCC(=O)N4)C2)no1. The molecule has 25 heavy (non-hydrogen) atoms. The molecular weight excluding hydrogens is 324 g/mol. The standard InChI is InChI=1S/C17H18N4O4/c1-10-18-16(20-25-10)11-4-3-7-21(8-11)17(23)12-5-2-6-13-15(12)24-9-14(22)19-13/h2,5-6,11H,3-4,7-9H2,1H3,(H,19,22). The summed E-state index contributed by atoms with van der Waals surface area (Å²) in [5.74, 6) is 1.34. The fourth-order valence-corrected chi connectivity index (χ4v) is 3.31. The van der Waals surface area contributed by atoms with Gasteiger partial charge in [-0.05, 0) is 25.0 Å². The first-order valence-electron chi connectivity index (χ1n) is 8.27. The lowest BCUT2D eigenvalue weighted by Crippen LogP contribution is -2.40. The summed E-state index contributed by atoms with van der Waals surface area (Å²) >= 11 is 0. The number of carbonyl (C=O) groups is 2. The number of para-hydroxylation sites is 1. The highest BCUT2D eigenvalue weighted by atomic mass is 16.5. The summed E-state index contributed by atoms with van der Waals surface area (Å²) in [6, 6.07) is 5.19. The lowest BCUT2D eigenvalue weighted by Gasteiger charge is -2.32. The largest absolute Gasteiger partial charge is 0.481 e. The maximum absolute atomic E-state index is 13.0. The number of nitrogens with one attached hydrogen (secondary N) is 1. The van der Waals surface area contributed by atoms with Gasteiger partial charge in [0.05, 0.1) is 11.3 Å². The van der Waals surface area contributed by atoms with Crippen LogP contribution in [-0.2, 0) is 4.79 Å². The van der Waals surface area contributed by atoms with Crippen LogP contribution in [0.2, 0.25) is 0 Å². The number of fused-ring (bicyclic) bond motifs is 1. The molecule has 3 heterocycles. The van der Waals surface area contributed by atoms with Crippen molar-refractivity contribution in [3.8, 4) is 5.75 Å². The molecule has 8 nitrogen and oxygen atoms in total. The molecule has 0 spiro atoms. The van der Waals surface area contributed by atoms with Crippen molar-refractivity contribution in [3.05, 3.63) is 35.5 Å². The van der Waals surface area contributed by atoms with Crippen molar-refractivity contribution < 1.29 is 18.8 Å². The molecule has 0 bridgehead atoms. The molecule has 4 rings (SSSR count). The van der Waals surface area contributed by atoms with Gasteiger partial charge in [0.2, 0.25) is 5.89 Å². The minimum atomic E-state index is -0.220. The molecule has 1 atom stereocenters. The predicted molar refractivity (Wildman–Crippen MR) is 87.5 cm³/mol. The van der Waals surface area contributed by atoms with Crippen molar-refractivity contribution in [1.29, 1.82) is 0 Å². The van der Waals surface area contributed by atoms with E-state index in [1.165, 1.54) is 0 Å². The summed E-state index contributed by atoms with van der Waals surface area (Å²) in [5, 5.41) is 6.72. The third-order valence-corrected chi connectivity index (χ3v) is 4.48. The van der Waals surface area contributed by atoms with Crippen LogP contribution in [0.25, 0.3) is 0 Å². The lowest BCUT2D eigenvalue weighted by molar-refractivity contribution is -0.118. The van der Waals surface area contributed by atoms with E-state index >= 15 is 0 Å². The van der Waals surface area contributed by atoms with Gasteiger partial charge in [-0.15, -0.1) is 0 Å². The van der Waals surface area contributed by atoms with Gasteiger partial charge in [-0.2, -0.15) is 4.98 Å². The molecule has 0 saturated carbocycles. The zero-order chi connectivity index (χ0) is 17.4. The minimum Gasteiger partial charge on any atom is -0.481 e. The Morgan fingerprint density at radius 2 is 2.28 bits per heavy atom. The first-order chi connectivity index (χ1) is 12.1. The molecule has 2 aliphatic heterocycles. The molecule has 0 aliphatic carbocycles. The molecular formula is C17H18N4O4. The number of hydrogen-bond acceptors (Lipinski definition) is 6. The van der Waals surface area contributed by atoms with Gasteiger partial charge in [0.15, 0.2) is 18.2 Å². The molecule has 1 saturated heterocycles. The van der Waals surface area contributed by atoms with Crippen LogP contribution in [0.4, 0.5) is 5.69 Å². The highest BCUT2D eigenvalue weighted by molar-refractivity contribution is 6.03. The lowest BCUT2D eigenvalue weighted by atomic mass is 9.96. The van der Waals surface area contributed by atoms with Gasteiger partial charge < -0.3 is 19.5 Å². The molecule has 130 valence electrons. The van der Waals surface area contributed by atoms with Crippen molar-refractivity contribution >= 4 is 17.5 Å². The third-order valence-electron chi connectivity index (χ3n) is 4.48. The second kappa shape index (κ2) is 6.19. The van der Waals surface area contributed by atoms with Crippen LogP contribution < -0.4 is 10.1 Å². The Kier molecular flexibility index (Phi) is 3.87. The number of ether oxygens (including phenoxy) is 1. The van der Waals surface area contributed by atoms with Crippen molar-refractivity contribution in [3.63, 3.8) is 0 Å². The molecule has 1 N–H and O–H groups in total. The molecule has 2 aliphatic rings. The average Bonchev–Trinajstić information content (AvgIpc) is 3.07. The van der Waals surface area contributed by atoms with E-state index in [9.17, 15) is 9.59 Å². The van der Waals surface area contributed by atoms with E-state index in [1.54, 1.807) is 30.0 Å². The van der Waals surface area contributed by atoms with E-state index in [-0.39, 0.29) is 24.3 Å². The number of hydrogen-bond donors (Lipinski definition) is 1. The minimum absolute atomic E-state index is 0.0651. The van der Waals surface area contributed by atoms with Crippen LogP contribution in [-0.4, -0.2) is 46.6 Å². The third kappa shape index (κ3) is 2.95. The Morgan fingerprint density at radius 3 is 3.08 bits per heavy atom. The van der Waals surface area contributed by atoms with Crippen molar-refractivity contribution in [2.75, 3.05) is 25.0 Å². The first-order valence-corrected chi connectivity index (χ1v) is 8.27. The Balaban J connectivity index is 1.57. The second-order valence-corrected chi connectivity index (χ2v) is 6.28. The normalized spacial score (nSPS) is 19.8. The van der Waals surface area contributed by atoms with Crippen molar-refractivity contribution in [1.82, 2.24) is 15.0 Å². The molecule has 1 aromatic carbocycles. The van der Waals surface area contributed by atoms with Crippen molar-refractivity contribution in [2.45, 2.75) is 25.7 Å². The van der Waals surface area contributed by atoms with E-state index in [1.807, 2.05) is 0 Å². The van der Waals surface area contributed by atoms with Gasteiger partial charge in [0.1, 0.15) is 0 Å². The van der Waals surface area contributed by atoms with Crippen LogP contribution in [0.1, 0.15) is 40.8 Å². The van der Waals surface area contributed by atoms with Crippen LogP contribution in [0.15, 0.2) is 22.7 Å². The van der Waals surface area contributed by atoms with E-state index < -0.39 is 0 Å². The summed E-state index contributed by atoms with van der Waals surface area (Å²) in [4.78, 5) is 30.5. The molecule has 8 heteroatoms. The number of piperidine rings is 1. The zero-order valence-electron chi connectivity index (χ0n) is 13.8. The molecule has 1 unspecified atom stereocenters. The van der Waals surface area contributed by atoms with Crippen LogP contribution in [0, 0.1) is 6.92 Å². The Bertz CT molecular complexity index is 832. The number of likely N-dealkylation sites (tertiary alicyclic amines) is 1. The number of amides is 2. The Labute approximate surface area is 144 Å². The Morgan fingerprint density at radius 1 is 1.40 bits per heavy atom. The van der Waals surface area contributed by atoms with Gasteiger partial charge >= 0.3 is 0 Å². The van der Waals surface area contributed by atoms with E-state index in [0.717, 1.165) is 12.8 Å². The molecule has 1 fully saturated rings. The fourth-order valence-electron chi connectivity index (χ4n) is 3.31. The van der Waals surface area contributed by atoms with E-state index in [2.05, 4.69) is 15.5 Å². The molecule has 1 aromatic heterocycles. The fraction of sp³-hybridized carbons (Fsp3) is 0.412. The maximum Gasteiger partial charge on any atom is 0.262 e. The Hall–Kier alpha value is -2.90. The van der Waals surface area contributed by atoms with E-state index in [4.69, 9.17) is 9.26 Å². The summed E-state index contributed by atoms with van der Waals surface area (Å²) in [7, 11) is 0. The molecule has 2 aromatic rings. The molecule has 0 radical (unpaired) electrons. The van der Waals surface area contributed by atoms with Gasteiger partial charge in [0.25, 0.3) is 11.8 Å². The molecule has 2 amide bonds. The van der Waals surface area contributed by atoms with Crippen LogP contribution in [0.3, 0.4) is 0 Å². The monoisotopic (exact) mass is 342 g/mol. The van der Waals surface area contributed by atoms with Crippen molar-refractivity contribution in [2.24, 2.45) is 0 Å². The maximum atomic E-state index is 13.0. The highest BCUT2D eigenvalue weighted by Gasteiger charge is 2.31. The summed E-state index contributed by atoms with van der Waals surface area (Å²) < 4.78 is 10.6. The number of rotatable bonds is 2. The van der Waals surface area contributed by atoms with Gasteiger partial charge in [-0.25, -0.2) is 0 Å². The number of nitrogens with zero attached hydrogens (tertiary/aromatic N) is 3. The smallest absolute Gasteiger partial charge is 0.262 e. The number of anilines is 1. The summed E-state index contributed by atoms with van der Waals surface area (Å²) in [6.07, 6.45) is 1.79. The van der Waals surface area contributed by atoms with Gasteiger partial charge in [-0.3, -0.25) is 9.59 Å². The van der Waals surface area contributed by atoms with Crippen LogP contribution in [0.5, 0.6) is 5.75 Å². The quantitative estimate of drug-likeness (QED) is 0.892. The summed E-state index contributed by atoms with van der Waals surface area (Å²) in [6.45, 7) is 2.88. The topological polar surface area (TPSA) is 97.6 Å². The van der Waals surface area contributed by atoms with E-state index in [0.29, 0.717) is 41.8 Å². The van der Waals surface area contributed by atoms with Gasteiger partial charge in [-0.1, -0.05) is 11.2 Å². The number of carbonyl (C=O) groups excluding carboxylic acids is 2. The zero-order valence-corrected chi connectivity index (χ0v) is 13.8. The predicted octanol–water partition coefficient (Wildman–Crippen LogP) is 1.73. The number of aryl methyl sites for hydroxylation is 1. The first kappa shape index (κ1) is 15.6. The van der Waals surface area contributed by atoms with Crippen LogP contribution >= 0.6 is 0 Å². The number of benzene rings is 1. The summed E-state index contributed by atoms with van der Waals surface area (Å²) in [5.41, 5.74) is 0.992. The highest BCUT2D eigenvalue weighted by Crippen LogP contribution is 2.34.